The zero-order valence-corrected chi connectivity index (χ0v) is 29.2. The molecule has 268 valence electrons. The molecule has 5 rings (SSSR count). The molecule has 14 heteroatoms. The first-order valence-corrected chi connectivity index (χ1v) is 19.0. The van der Waals surface area contributed by atoms with Crippen LogP contribution in [0.15, 0.2) is 89.8 Å². The van der Waals surface area contributed by atoms with E-state index in [0.717, 1.165) is 60.8 Å². The third kappa shape index (κ3) is 7.92. The van der Waals surface area contributed by atoms with Gasteiger partial charge in [0.1, 0.15) is 0 Å². The Morgan fingerprint density at radius 1 is 0.706 bits per heavy atom. The summed E-state index contributed by atoms with van der Waals surface area (Å²) in [7, 11) is -10.5. The molecular formula is C37H34F5N3O4S2. The predicted molar refractivity (Wildman–Crippen MR) is 190 cm³/mol. The van der Waals surface area contributed by atoms with Crippen LogP contribution in [0.1, 0.15) is 31.4 Å². The van der Waals surface area contributed by atoms with Gasteiger partial charge in [0.25, 0.3) is 10.0 Å². The molecule has 0 spiro atoms. The molecule has 0 aromatic heterocycles. The molecule has 7 nitrogen and oxygen atoms in total. The van der Waals surface area contributed by atoms with Crippen molar-refractivity contribution in [3.05, 3.63) is 136 Å². The van der Waals surface area contributed by atoms with E-state index in [-0.39, 0.29) is 13.0 Å². The van der Waals surface area contributed by atoms with Crippen molar-refractivity contribution >= 4 is 54.3 Å². The fraction of sp³-hybridized carbons (Fsp3) is 0.189. The summed E-state index contributed by atoms with van der Waals surface area (Å²) in [4.78, 5) is -0.0321. The van der Waals surface area contributed by atoms with Crippen molar-refractivity contribution in [2.45, 2.75) is 25.2 Å². The van der Waals surface area contributed by atoms with E-state index in [9.17, 15) is 38.8 Å². The lowest BCUT2D eigenvalue weighted by Gasteiger charge is -2.22. The third-order valence-electron chi connectivity index (χ3n) is 8.30. The SMILES string of the molecule is C=c1ccc(=C(c2ccc(N(CC)CC)cc2)c2ccc(NCCCS(=O)(=O)NS(=O)(=O)c3c(F)c(F)c(F)c(F)c3F)c3ccccc23)cc1. The number of nitrogens with one attached hydrogen (secondary N) is 2. The van der Waals surface area contributed by atoms with E-state index < -0.39 is 59.8 Å². The van der Waals surface area contributed by atoms with Gasteiger partial charge in [0.2, 0.25) is 15.8 Å². The van der Waals surface area contributed by atoms with Crippen LogP contribution >= 0.6 is 0 Å². The molecule has 0 amide bonds. The lowest BCUT2D eigenvalue weighted by molar-refractivity contribution is 0.357. The van der Waals surface area contributed by atoms with Crippen molar-refractivity contribution in [1.29, 1.82) is 0 Å². The van der Waals surface area contributed by atoms with E-state index in [4.69, 9.17) is 0 Å². The first kappa shape index (κ1) is 37.5. The van der Waals surface area contributed by atoms with Crippen molar-refractivity contribution in [1.82, 2.24) is 4.13 Å². The number of sulfonamides is 2. The molecule has 0 atom stereocenters. The van der Waals surface area contributed by atoms with E-state index in [1.165, 1.54) is 0 Å². The first-order valence-electron chi connectivity index (χ1n) is 15.9. The number of nitrogens with zero attached hydrogens (tertiary/aromatic N) is 1. The summed E-state index contributed by atoms with van der Waals surface area (Å²) in [5.41, 5.74) is 4.67. The van der Waals surface area contributed by atoms with Gasteiger partial charge < -0.3 is 10.2 Å². The van der Waals surface area contributed by atoms with Crippen LogP contribution in [0.3, 0.4) is 0 Å². The van der Waals surface area contributed by atoms with Crippen LogP contribution in [0, 0.1) is 29.1 Å². The molecule has 0 bridgehead atoms. The number of fused-ring (bicyclic) bond motifs is 1. The highest BCUT2D eigenvalue weighted by Gasteiger charge is 2.35. The van der Waals surface area contributed by atoms with E-state index in [2.05, 4.69) is 54.9 Å². The Bertz CT molecular complexity index is 2390. The molecule has 0 heterocycles. The fourth-order valence-electron chi connectivity index (χ4n) is 5.80. The Kier molecular flexibility index (Phi) is 11.2. The summed E-state index contributed by atoms with van der Waals surface area (Å²) in [6, 6.07) is 27.7. The number of hydrogen-bond acceptors (Lipinski definition) is 6. The summed E-state index contributed by atoms with van der Waals surface area (Å²) in [5.74, 6) is -13.8. The van der Waals surface area contributed by atoms with Crippen LogP contribution in [0.2, 0.25) is 0 Å². The van der Waals surface area contributed by atoms with Crippen LogP contribution in [0.5, 0.6) is 0 Å². The van der Waals surface area contributed by atoms with Crippen molar-refractivity contribution in [3.8, 4) is 0 Å². The highest BCUT2D eigenvalue weighted by atomic mass is 32.3. The van der Waals surface area contributed by atoms with Crippen LogP contribution < -0.4 is 24.8 Å². The summed E-state index contributed by atoms with van der Waals surface area (Å²) < 4.78 is 120. The van der Waals surface area contributed by atoms with E-state index >= 15 is 0 Å². The standard InChI is InChI=1S/C37H34F5N3O4S2/c1-4-45(5-2)26-17-15-25(16-18-26)31(24-13-11-23(3)12-14-24)29-19-20-30(28-10-7-6-9-27(28)29)43-21-8-22-50(46,47)44-51(48,49)37-35(41)33(39)32(38)34(40)36(37)42/h6-7,9-20,43-44H,3-5,8,21-22H2,1-2H3. The number of halogens is 5. The van der Waals surface area contributed by atoms with Gasteiger partial charge in [-0.15, -0.1) is 4.13 Å². The maximum absolute atomic E-state index is 14.1. The van der Waals surface area contributed by atoms with Gasteiger partial charge in [-0.05, 0) is 71.0 Å². The number of rotatable bonds is 13. The Balaban J connectivity index is 1.40. The van der Waals surface area contributed by atoms with Crippen LogP contribution in [0.4, 0.5) is 33.3 Å². The molecular weight excluding hydrogens is 710 g/mol. The molecule has 0 saturated heterocycles. The highest BCUT2D eigenvalue weighted by molar-refractivity contribution is 8.04. The number of hydrogen-bond donors (Lipinski definition) is 2. The second-order valence-corrected chi connectivity index (χ2v) is 15.3. The topological polar surface area (TPSA) is 95.6 Å². The van der Waals surface area contributed by atoms with Gasteiger partial charge >= 0.3 is 0 Å². The summed E-state index contributed by atoms with van der Waals surface area (Å²) in [6.45, 7) is 9.97. The predicted octanol–water partition coefficient (Wildman–Crippen LogP) is 6.15. The Hall–Kier alpha value is -4.79. The molecule has 0 saturated carbocycles. The minimum atomic E-state index is -5.69. The molecule has 0 aliphatic rings. The van der Waals surface area contributed by atoms with Crippen LogP contribution in [-0.2, 0) is 20.0 Å². The maximum Gasteiger partial charge on any atom is 0.259 e. The smallest absolute Gasteiger partial charge is 0.259 e. The molecule has 0 aliphatic carbocycles. The van der Waals surface area contributed by atoms with Crippen LogP contribution in [-0.4, -0.2) is 42.2 Å². The molecule has 5 aromatic carbocycles. The second kappa shape index (κ2) is 15.2. The van der Waals surface area contributed by atoms with Crippen molar-refractivity contribution < 1.29 is 38.8 Å². The average molecular weight is 744 g/mol. The van der Waals surface area contributed by atoms with Gasteiger partial charge in [-0.2, -0.15) is 0 Å². The fourth-order valence-corrected chi connectivity index (χ4v) is 8.98. The summed E-state index contributed by atoms with van der Waals surface area (Å²) in [6.07, 6.45) is -0.189. The van der Waals surface area contributed by atoms with Crippen molar-refractivity contribution in [2.75, 3.05) is 35.6 Å². The lowest BCUT2D eigenvalue weighted by Crippen LogP contribution is -2.34. The Morgan fingerprint density at radius 3 is 1.86 bits per heavy atom. The molecule has 2 N–H and O–H groups in total. The molecule has 0 fully saturated rings. The van der Waals surface area contributed by atoms with Gasteiger partial charge in [-0.3, -0.25) is 0 Å². The van der Waals surface area contributed by atoms with E-state index in [0.29, 0.717) is 5.69 Å². The summed E-state index contributed by atoms with van der Waals surface area (Å²) in [5, 5.41) is 6.71. The highest BCUT2D eigenvalue weighted by Crippen LogP contribution is 2.34. The number of anilines is 2. The third-order valence-corrected chi connectivity index (χ3v) is 11.9. The molecule has 0 radical (unpaired) electrons. The zero-order chi connectivity index (χ0) is 37.1. The van der Waals surface area contributed by atoms with E-state index in [1.807, 2.05) is 60.7 Å². The molecule has 5 aromatic rings. The molecule has 51 heavy (non-hydrogen) atoms. The molecule has 0 aliphatic heterocycles. The number of benzene rings is 5. The van der Waals surface area contributed by atoms with Gasteiger partial charge in [0.15, 0.2) is 28.2 Å². The monoisotopic (exact) mass is 743 g/mol. The normalized spacial score (nSPS) is 11.9. The van der Waals surface area contributed by atoms with Gasteiger partial charge in [-0.1, -0.05) is 73.3 Å². The Morgan fingerprint density at radius 2 is 1.27 bits per heavy atom. The largest absolute Gasteiger partial charge is 0.385 e. The average Bonchev–Trinajstić information content (AvgIpc) is 3.10. The maximum atomic E-state index is 14.1. The quantitative estimate of drug-likeness (QED) is 0.0651. The minimum absolute atomic E-state index is 0.0151. The van der Waals surface area contributed by atoms with Crippen molar-refractivity contribution in [3.63, 3.8) is 0 Å². The lowest BCUT2D eigenvalue weighted by atomic mass is 9.90. The van der Waals surface area contributed by atoms with Crippen LogP contribution in [0.25, 0.3) is 22.9 Å². The zero-order valence-electron chi connectivity index (χ0n) is 27.6. The minimum Gasteiger partial charge on any atom is -0.385 e. The summed E-state index contributed by atoms with van der Waals surface area (Å²) >= 11 is 0. The van der Waals surface area contributed by atoms with Gasteiger partial charge in [0, 0.05) is 36.4 Å². The van der Waals surface area contributed by atoms with Gasteiger partial charge in [-0.25, -0.2) is 38.8 Å². The molecule has 0 unspecified atom stereocenters. The van der Waals surface area contributed by atoms with Crippen molar-refractivity contribution in [2.24, 2.45) is 0 Å². The van der Waals surface area contributed by atoms with E-state index in [1.54, 1.807) is 0 Å². The first-order chi connectivity index (χ1) is 24.2. The van der Waals surface area contributed by atoms with Gasteiger partial charge in [0.05, 0.1) is 5.75 Å². The second-order valence-electron chi connectivity index (χ2n) is 11.6. The Labute approximate surface area is 292 Å².